The van der Waals surface area contributed by atoms with Gasteiger partial charge >= 0.3 is 0 Å². The highest BCUT2D eigenvalue weighted by atomic mass is 19.1. The third-order valence-corrected chi connectivity index (χ3v) is 4.28. The average molecular weight is 248 g/mol. The lowest BCUT2D eigenvalue weighted by molar-refractivity contribution is 0.105. The predicted molar refractivity (Wildman–Crippen MR) is 71.1 cm³/mol. The smallest absolute Gasteiger partial charge is 0.123 e. The van der Waals surface area contributed by atoms with E-state index >= 15 is 0 Å². The summed E-state index contributed by atoms with van der Waals surface area (Å²) in [4.78, 5) is 5.16. The van der Waals surface area contributed by atoms with E-state index in [0.717, 1.165) is 24.6 Å². The van der Waals surface area contributed by atoms with Crippen molar-refractivity contribution in [2.24, 2.45) is 0 Å². The first-order chi connectivity index (χ1) is 8.81. The monoisotopic (exact) mass is 248 g/mol. The number of hydrogen-bond acceptors (Lipinski definition) is 2. The molecule has 18 heavy (non-hydrogen) atoms. The van der Waals surface area contributed by atoms with Crippen LogP contribution in [0.2, 0.25) is 0 Å². The molecule has 1 atom stereocenters. The molecule has 0 bridgehead atoms. The summed E-state index contributed by atoms with van der Waals surface area (Å²) in [5.41, 5.74) is 1.11. The Labute approximate surface area is 108 Å². The second kappa shape index (κ2) is 5.37. The Morgan fingerprint density at radius 2 is 2.17 bits per heavy atom. The van der Waals surface area contributed by atoms with Crippen molar-refractivity contribution in [3.63, 3.8) is 0 Å². The summed E-state index contributed by atoms with van der Waals surface area (Å²) in [5, 5.41) is 0. The Morgan fingerprint density at radius 3 is 3.06 bits per heavy atom. The van der Waals surface area contributed by atoms with Crippen LogP contribution in [0.4, 0.5) is 4.39 Å². The van der Waals surface area contributed by atoms with Crippen LogP contribution < -0.4 is 0 Å². The molecule has 2 nitrogen and oxygen atoms in total. The number of nitrogens with zero attached hydrogens (tertiary/aromatic N) is 2. The molecule has 98 valence electrons. The Bertz CT molecular complexity index is 407. The van der Waals surface area contributed by atoms with Gasteiger partial charge in [-0.1, -0.05) is 12.1 Å². The predicted octanol–water partition coefficient (Wildman–Crippen LogP) is 2.15. The first-order valence-corrected chi connectivity index (χ1v) is 7.02. The quantitative estimate of drug-likeness (QED) is 0.808. The molecule has 3 heteroatoms. The minimum atomic E-state index is -0.117. The van der Waals surface area contributed by atoms with Crippen molar-refractivity contribution in [1.29, 1.82) is 0 Å². The topological polar surface area (TPSA) is 6.48 Å². The van der Waals surface area contributed by atoms with E-state index in [2.05, 4.69) is 9.80 Å². The number of hydrogen-bond donors (Lipinski definition) is 0. The fourth-order valence-electron chi connectivity index (χ4n) is 3.24. The van der Waals surface area contributed by atoms with Crippen LogP contribution in [-0.4, -0.2) is 48.6 Å². The van der Waals surface area contributed by atoms with E-state index in [1.165, 1.54) is 45.1 Å². The van der Waals surface area contributed by atoms with Gasteiger partial charge in [-0.3, -0.25) is 4.90 Å². The molecule has 2 heterocycles. The number of fused-ring (bicyclic) bond motifs is 1. The van der Waals surface area contributed by atoms with E-state index in [-0.39, 0.29) is 5.82 Å². The molecule has 0 amide bonds. The van der Waals surface area contributed by atoms with Crippen molar-refractivity contribution >= 4 is 0 Å². The summed E-state index contributed by atoms with van der Waals surface area (Å²) in [6, 6.07) is 7.78. The normalized spacial score (nSPS) is 25.3. The van der Waals surface area contributed by atoms with Crippen molar-refractivity contribution in [3.05, 3.63) is 35.6 Å². The number of halogens is 1. The second-order valence-corrected chi connectivity index (χ2v) is 5.51. The Kier molecular flexibility index (Phi) is 3.62. The zero-order valence-electron chi connectivity index (χ0n) is 10.8. The van der Waals surface area contributed by atoms with E-state index in [9.17, 15) is 4.39 Å². The fourth-order valence-corrected chi connectivity index (χ4v) is 3.24. The minimum Gasteiger partial charge on any atom is -0.300 e. The zero-order valence-corrected chi connectivity index (χ0v) is 10.8. The van der Waals surface area contributed by atoms with Crippen LogP contribution in [0, 0.1) is 5.82 Å². The van der Waals surface area contributed by atoms with Gasteiger partial charge in [0.15, 0.2) is 0 Å². The molecule has 0 spiro atoms. The van der Waals surface area contributed by atoms with Gasteiger partial charge in [0.2, 0.25) is 0 Å². The third kappa shape index (κ3) is 2.73. The van der Waals surface area contributed by atoms with Gasteiger partial charge in [0.25, 0.3) is 0 Å². The Balaban J connectivity index is 1.51. The average Bonchev–Trinajstić information content (AvgIpc) is 2.84. The molecule has 0 radical (unpaired) electrons. The number of piperazine rings is 1. The number of rotatable bonds is 3. The van der Waals surface area contributed by atoms with Gasteiger partial charge in [-0.25, -0.2) is 4.39 Å². The molecule has 2 saturated heterocycles. The van der Waals surface area contributed by atoms with E-state index in [4.69, 9.17) is 0 Å². The van der Waals surface area contributed by atoms with Crippen LogP contribution in [0.15, 0.2) is 24.3 Å². The zero-order chi connectivity index (χ0) is 12.4. The van der Waals surface area contributed by atoms with E-state index < -0.39 is 0 Å². The highest BCUT2D eigenvalue weighted by Gasteiger charge is 2.29. The third-order valence-electron chi connectivity index (χ3n) is 4.28. The van der Waals surface area contributed by atoms with Crippen molar-refractivity contribution in [3.8, 4) is 0 Å². The van der Waals surface area contributed by atoms with Crippen molar-refractivity contribution in [2.45, 2.75) is 25.3 Å². The molecule has 0 N–H and O–H groups in total. The minimum absolute atomic E-state index is 0.117. The lowest BCUT2D eigenvalue weighted by Crippen LogP contribution is -2.50. The van der Waals surface area contributed by atoms with Gasteiger partial charge in [-0.05, 0) is 43.5 Å². The van der Waals surface area contributed by atoms with Gasteiger partial charge in [-0.15, -0.1) is 0 Å². The first-order valence-electron chi connectivity index (χ1n) is 7.02. The van der Waals surface area contributed by atoms with Crippen molar-refractivity contribution in [2.75, 3.05) is 32.7 Å². The largest absolute Gasteiger partial charge is 0.300 e. The van der Waals surface area contributed by atoms with Gasteiger partial charge < -0.3 is 4.90 Å². The SMILES string of the molecule is Fc1cccc(CCN2CCN3CCCC3C2)c1. The van der Waals surface area contributed by atoms with Gasteiger partial charge in [0.1, 0.15) is 5.82 Å². The van der Waals surface area contributed by atoms with Gasteiger partial charge in [-0.2, -0.15) is 0 Å². The number of benzene rings is 1. The van der Waals surface area contributed by atoms with Crippen molar-refractivity contribution in [1.82, 2.24) is 9.80 Å². The fraction of sp³-hybridized carbons (Fsp3) is 0.600. The summed E-state index contributed by atoms with van der Waals surface area (Å²) in [5.74, 6) is -0.117. The summed E-state index contributed by atoms with van der Waals surface area (Å²) in [7, 11) is 0. The molecule has 2 aliphatic rings. The summed E-state index contributed by atoms with van der Waals surface area (Å²) >= 11 is 0. The lowest BCUT2D eigenvalue weighted by Gasteiger charge is -2.37. The van der Waals surface area contributed by atoms with Crippen LogP contribution in [0.5, 0.6) is 0 Å². The maximum atomic E-state index is 13.1. The molecule has 1 unspecified atom stereocenters. The van der Waals surface area contributed by atoms with Crippen LogP contribution in [0.1, 0.15) is 18.4 Å². The maximum Gasteiger partial charge on any atom is 0.123 e. The van der Waals surface area contributed by atoms with Gasteiger partial charge in [0, 0.05) is 32.2 Å². The van der Waals surface area contributed by atoms with Gasteiger partial charge in [0.05, 0.1) is 0 Å². The second-order valence-electron chi connectivity index (χ2n) is 5.51. The molecular weight excluding hydrogens is 227 g/mol. The molecule has 1 aromatic carbocycles. The first kappa shape index (κ1) is 12.1. The molecule has 3 rings (SSSR count). The Hall–Kier alpha value is -0.930. The van der Waals surface area contributed by atoms with E-state index in [1.807, 2.05) is 6.07 Å². The van der Waals surface area contributed by atoms with Crippen molar-refractivity contribution < 1.29 is 4.39 Å². The summed E-state index contributed by atoms with van der Waals surface area (Å²) in [6.07, 6.45) is 3.68. The summed E-state index contributed by atoms with van der Waals surface area (Å²) in [6.45, 7) is 5.95. The van der Waals surface area contributed by atoms with Crippen LogP contribution in [0.25, 0.3) is 0 Å². The highest BCUT2D eigenvalue weighted by Crippen LogP contribution is 2.21. The molecule has 0 aliphatic carbocycles. The highest BCUT2D eigenvalue weighted by molar-refractivity contribution is 5.16. The van der Waals surface area contributed by atoms with Crippen LogP contribution >= 0.6 is 0 Å². The van der Waals surface area contributed by atoms with Crippen LogP contribution in [-0.2, 0) is 6.42 Å². The lowest BCUT2D eigenvalue weighted by atomic mass is 10.1. The van der Waals surface area contributed by atoms with Crippen LogP contribution in [0.3, 0.4) is 0 Å². The summed E-state index contributed by atoms with van der Waals surface area (Å²) < 4.78 is 13.1. The standard InChI is InChI=1S/C15H21FN2/c16-14-4-1-3-13(11-14)6-8-17-9-10-18-7-2-5-15(18)12-17/h1,3-4,11,15H,2,5-10,12H2. The molecule has 0 aromatic heterocycles. The van der Waals surface area contributed by atoms with E-state index in [0.29, 0.717) is 0 Å². The molecule has 2 aliphatic heterocycles. The van der Waals surface area contributed by atoms with E-state index in [1.54, 1.807) is 12.1 Å². The molecule has 2 fully saturated rings. The molecule has 0 saturated carbocycles. The maximum absolute atomic E-state index is 13.1. The molecular formula is C15H21FN2. The molecule has 1 aromatic rings. The Morgan fingerprint density at radius 1 is 1.22 bits per heavy atom.